The number of nitrogens with zero attached hydrogens (tertiary/aromatic N) is 3. The van der Waals surface area contributed by atoms with Crippen molar-refractivity contribution in [1.82, 2.24) is 4.31 Å². The van der Waals surface area contributed by atoms with E-state index in [0.717, 1.165) is 19.3 Å². The number of esters is 1. The zero-order valence-corrected chi connectivity index (χ0v) is 18.5. The summed E-state index contributed by atoms with van der Waals surface area (Å²) in [5, 5.41) is 8.85. The van der Waals surface area contributed by atoms with E-state index in [1.54, 1.807) is 24.3 Å². The fourth-order valence-corrected chi connectivity index (χ4v) is 4.99. The summed E-state index contributed by atoms with van der Waals surface area (Å²) in [5.74, 6) is -1.18. The predicted molar refractivity (Wildman–Crippen MR) is 118 cm³/mol. The van der Waals surface area contributed by atoms with Gasteiger partial charge in [-0.25, -0.2) is 13.2 Å². The molecule has 8 nitrogen and oxygen atoms in total. The number of anilines is 1. The van der Waals surface area contributed by atoms with E-state index in [4.69, 9.17) is 10.00 Å². The molecule has 0 radical (unpaired) electrons. The van der Waals surface area contributed by atoms with Crippen molar-refractivity contribution in [3.63, 3.8) is 0 Å². The maximum atomic E-state index is 12.7. The van der Waals surface area contributed by atoms with Gasteiger partial charge in [0.2, 0.25) is 10.0 Å². The normalized spacial score (nSPS) is 14.3. The van der Waals surface area contributed by atoms with Crippen LogP contribution in [0, 0.1) is 11.3 Å². The van der Waals surface area contributed by atoms with Gasteiger partial charge in [0.05, 0.1) is 22.9 Å². The lowest BCUT2D eigenvalue weighted by molar-refractivity contribution is -0.121. The van der Waals surface area contributed by atoms with Gasteiger partial charge in [0.25, 0.3) is 5.91 Å². The van der Waals surface area contributed by atoms with E-state index >= 15 is 0 Å². The average Bonchev–Trinajstić information content (AvgIpc) is 2.84. The first-order chi connectivity index (χ1) is 15.4. The molecule has 0 unspecified atom stereocenters. The van der Waals surface area contributed by atoms with Crippen LogP contribution in [0.15, 0.2) is 59.5 Å². The van der Waals surface area contributed by atoms with Gasteiger partial charge in [0, 0.05) is 25.3 Å². The Kier molecular flexibility index (Phi) is 7.98. The van der Waals surface area contributed by atoms with Gasteiger partial charge in [-0.2, -0.15) is 9.57 Å². The first-order valence-electron chi connectivity index (χ1n) is 10.4. The van der Waals surface area contributed by atoms with Crippen LogP contribution >= 0.6 is 0 Å². The second-order valence-corrected chi connectivity index (χ2v) is 9.29. The first kappa shape index (κ1) is 23.4. The Balaban J connectivity index is 1.62. The summed E-state index contributed by atoms with van der Waals surface area (Å²) in [6, 6.07) is 16.4. The molecule has 0 atom stereocenters. The molecule has 9 heteroatoms. The Morgan fingerprint density at radius 3 is 2.28 bits per heavy atom. The zero-order valence-electron chi connectivity index (χ0n) is 17.6. The Bertz CT molecular complexity index is 1070. The summed E-state index contributed by atoms with van der Waals surface area (Å²) in [6.45, 7) is 0.683. The summed E-state index contributed by atoms with van der Waals surface area (Å²) in [6.07, 6.45) is 2.84. The van der Waals surface area contributed by atoms with Gasteiger partial charge in [0.15, 0.2) is 6.61 Å². The maximum absolute atomic E-state index is 12.7. The molecular weight excluding hydrogens is 430 g/mol. The number of nitriles is 1. The van der Waals surface area contributed by atoms with E-state index < -0.39 is 28.5 Å². The number of sulfonamides is 1. The minimum absolute atomic E-state index is 0.124. The lowest BCUT2D eigenvalue weighted by Gasteiger charge is -2.25. The van der Waals surface area contributed by atoms with Crippen LogP contribution in [0.25, 0.3) is 0 Å². The van der Waals surface area contributed by atoms with Crippen molar-refractivity contribution in [2.45, 2.75) is 30.6 Å². The second-order valence-electron chi connectivity index (χ2n) is 7.35. The van der Waals surface area contributed by atoms with E-state index in [1.807, 2.05) is 12.1 Å². The van der Waals surface area contributed by atoms with Crippen LogP contribution in [0.3, 0.4) is 0 Å². The van der Waals surface area contributed by atoms with Crippen molar-refractivity contribution in [2.24, 2.45) is 0 Å². The van der Waals surface area contributed by atoms with Gasteiger partial charge < -0.3 is 9.64 Å². The SMILES string of the molecule is N#CCCN(C(=O)COC(=O)c1ccc(S(=O)(=O)N2CCCCC2)cc1)c1ccccc1. The number of amides is 1. The first-order valence-corrected chi connectivity index (χ1v) is 11.9. The standard InChI is InChI=1S/C23H25N3O5S/c24-14-7-17-26(20-8-3-1-4-9-20)22(27)18-31-23(28)19-10-12-21(13-11-19)32(29,30)25-15-5-2-6-16-25/h1,3-4,8-13H,2,5-7,15-18H2. The van der Waals surface area contributed by atoms with Gasteiger partial charge >= 0.3 is 5.97 Å². The summed E-state index contributed by atoms with van der Waals surface area (Å²) < 4.78 is 32.0. The van der Waals surface area contributed by atoms with E-state index in [9.17, 15) is 18.0 Å². The van der Waals surface area contributed by atoms with Gasteiger partial charge in [-0.1, -0.05) is 24.6 Å². The molecule has 1 amide bonds. The number of para-hydroxylation sites is 1. The van der Waals surface area contributed by atoms with Crippen LogP contribution in [0.1, 0.15) is 36.0 Å². The Hall–Kier alpha value is -3.22. The molecule has 0 N–H and O–H groups in total. The largest absolute Gasteiger partial charge is 0.452 e. The third-order valence-corrected chi connectivity index (χ3v) is 7.10. The third-order valence-electron chi connectivity index (χ3n) is 5.19. The highest BCUT2D eigenvalue weighted by Gasteiger charge is 2.26. The summed E-state index contributed by atoms with van der Waals surface area (Å²) in [4.78, 5) is 26.5. The predicted octanol–water partition coefficient (Wildman–Crippen LogP) is 2.96. The van der Waals surface area contributed by atoms with Gasteiger partial charge in [-0.05, 0) is 49.2 Å². The molecule has 3 rings (SSSR count). The van der Waals surface area contributed by atoms with Crippen LogP contribution in [0.4, 0.5) is 5.69 Å². The lowest BCUT2D eigenvalue weighted by Crippen LogP contribution is -2.35. The van der Waals surface area contributed by atoms with Crippen molar-refractivity contribution >= 4 is 27.6 Å². The highest BCUT2D eigenvalue weighted by molar-refractivity contribution is 7.89. The number of hydrogen-bond acceptors (Lipinski definition) is 6. The van der Waals surface area contributed by atoms with Crippen molar-refractivity contribution in [2.75, 3.05) is 31.1 Å². The van der Waals surface area contributed by atoms with E-state index in [1.165, 1.54) is 33.5 Å². The van der Waals surface area contributed by atoms with E-state index in [0.29, 0.717) is 18.8 Å². The monoisotopic (exact) mass is 455 g/mol. The van der Waals surface area contributed by atoms with Crippen LogP contribution in [-0.4, -0.2) is 50.8 Å². The number of benzene rings is 2. The minimum Gasteiger partial charge on any atom is -0.452 e. The van der Waals surface area contributed by atoms with E-state index in [-0.39, 0.29) is 23.4 Å². The molecule has 0 bridgehead atoms. The third kappa shape index (κ3) is 5.72. The smallest absolute Gasteiger partial charge is 0.338 e. The van der Waals surface area contributed by atoms with E-state index in [2.05, 4.69) is 0 Å². The molecule has 32 heavy (non-hydrogen) atoms. The van der Waals surface area contributed by atoms with Gasteiger partial charge in [0.1, 0.15) is 0 Å². The Morgan fingerprint density at radius 2 is 1.66 bits per heavy atom. The fourth-order valence-electron chi connectivity index (χ4n) is 3.47. The highest BCUT2D eigenvalue weighted by atomic mass is 32.2. The molecular formula is C23H25N3O5S. The minimum atomic E-state index is -3.59. The van der Waals surface area contributed by atoms with Crippen LogP contribution in [-0.2, 0) is 19.6 Å². The van der Waals surface area contributed by atoms with Crippen molar-refractivity contribution in [1.29, 1.82) is 5.26 Å². The molecule has 1 aliphatic heterocycles. The zero-order chi connectivity index (χ0) is 23.0. The number of carbonyl (C=O) groups excluding carboxylic acids is 2. The molecule has 2 aromatic rings. The van der Waals surface area contributed by atoms with Crippen molar-refractivity contribution < 1.29 is 22.7 Å². The molecule has 1 fully saturated rings. The molecule has 0 aliphatic carbocycles. The van der Waals surface area contributed by atoms with Crippen molar-refractivity contribution in [3.05, 3.63) is 60.2 Å². The molecule has 0 saturated carbocycles. The Morgan fingerprint density at radius 1 is 1.00 bits per heavy atom. The van der Waals surface area contributed by atoms with Gasteiger partial charge in [-0.3, -0.25) is 4.79 Å². The second kappa shape index (κ2) is 10.9. The molecule has 1 saturated heterocycles. The van der Waals surface area contributed by atoms with Crippen LogP contribution in [0.2, 0.25) is 0 Å². The van der Waals surface area contributed by atoms with Crippen LogP contribution < -0.4 is 4.90 Å². The molecule has 1 heterocycles. The number of ether oxygens (including phenoxy) is 1. The quantitative estimate of drug-likeness (QED) is 0.566. The number of rotatable bonds is 8. The fraction of sp³-hybridized carbons (Fsp3) is 0.348. The molecule has 1 aliphatic rings. The summed E-state index contributed by atoms with van der Waals surface area (Å²) in [5.41, 5.74) is 0.759. The highest BCUT2D eigenvalue weighted by Crippen LogP contribution is 2.21. The molecule has 0 spiro atoms. The number of hydrogen-bond donors (Lipinski definition) is 0. The Labute approximate surface area is 188 Å². The molecule has 168 valence electrons. The molecule has 2 aromatic carbocycles. The maximum Gasteiger partial charge on any atom is 0.338 e. The molecule has 0 aromatic heterocycles. The van der Waals surface area contributed by atoms with Crippen LogP contribution in [0.5, 0.6) is 0 Å². The number of piperidine rings is 1. The number of carbonyl (C=O) groups is 2. The van der Waals surface area contributed by atoms with Crippen molar-refractivity contribution in [3.8, 4) is 6.07 Å². The van der Waals surface area contributed by atoms with Gasteiger partial charge in [-0.15, -0.1) is 0 Å². The summed E-state index contributed by atoms with van der Waals surface area (Å²) >= 11 is 0. The average molecular weight is 456 g/mol. The summed E-state index contributed by atoms with van der Waals surface area (Å²) in [7, 11) is -3.59. The lowest BCUT2D eigenvalue weighted by atomic mass is 10.2. The topological polar surface area (TPSA) is 108 Å².